The quantitative estimate of drug-likeness (QED) is 0.628. The Morgan fingerprint density at radius 1 is 1.50 bits per heavy atom. The molecule has 1 N–H and O–H groups in total. The van der Waals surface area contributed by atoms with Crippen molar-refractivity contribution in [3.63, 3.8) is 0 Å². The number of carbonyl (C=O) groups is 1. The van der Waals surface area contributed by atoms with Crippen molar-refractivity contribution in [1.29, 1.82) is 0 Å². The molecule has 2 nitrogen and oxygen atoms in total. The van der Waals surface area contributed by atoms with Crippen molar-refractivity contribution in [2.45, 2.75) is 44.5 Å². The van der Waals surface area contributed by atoms with E-state index in [0.717, 1.165) is 19.3 Å². The smallest absolute Gasteiger partial charge is 0.217 e. The van der Waals surface area contributed by atoms with E-state index < -0.39 is 0 Å². The van der Waals surface area contributed by atoms with Gasteiger partial charge in [0.2, 0.25) is 5.91 Å². The number of hydrogen-bond acceptors (Lipinski definition) is 1. The summed E-state index contributed by atoms with van der Waals surface area (Å²) in [6, 6.07) is 0.291. The summed E-state index contributed by atoms with van der Waals surface area (Å²) in [7, 11) is 0. The maximum Gasteiger partial charge on any atom is 0.217 e. The summed E-state index contributed by atoms with van der Waals surface area (Å²) < 4.78 is 0. The zero-order chi connectivity index (χ0) is 9.14. The summed E-state index contributed by atoms with van der Waals surface area (Å²) in [6.45, 7) is 3.73. The van der Waals surface area contributed by atoms with E-state index in [4.69, 9.17) is 11.6 Å². The Balaban J connectivity index is 2.43. The van der Waals surface area contributed by atoms with Crippen molar-refractivity contribution < 1.29 is 4.79 Å². The van der Waals surface area contributed by atoms with Gasteiger partial charge >= 0.3 is 0 Å². The predicted molar refractivity (Wildman–Crippen MR) is 50.3 cm³/mol. The van der Waals surface area contributed by atoms with Crippen LogP contribution in [0.4, 0.5) is 0 Å². The van der Waals surface area contributed by atoms with Gasteiger partial charge in [-0.05, 0) is 25.2 Å². The van der Waals surface area contributed by atoms with E-state index in [0.29, 0.717) is 12.0 Å². The fourth-order valence-corrected chi connectivity index (χ4v) is 2.05. The number of rotatable bonds is 1. The lowest BCUT2D eigenvalue weighted by atomic mass is 9.85. The van der Waals surface area contributed by atoms with Crippen molar-refractivity contribution in [1.82, 2.24) is 5.32 Å². The molecule has 70 valence electrons. The molecule has 12 heavy (non-hydrogen) atoms. The first kappa shape index (κ1) is 9.85. The van der Waals surface area contributed by atoms with Gasteiger partial charge in [-0.1, -0.05) is 6.92 Å². The average Bonchev–Trinajstić information content (AvgIpc) is 1.96. The zero-order valence-corrected chi connectivity index (χ0v) is 8.40. The first-order valence-electron chi connectivity index (χ1n) is 4.50. The van der Waals surface area contributed by atoms with Crippen molar-refractivity contribution in [3.8, 4) is 0 Å². The molecule has 3 atom stereocenters. The number of amides is 1. The van der Waals surface area contributed by atoms with Crippen LogP contribution in [-0.2, 0) is 4.79 Å². The second-order valence-corrected chi connectivity index (χ2v) is 4.31. The van der Waals surface area contributed by atoms with Gasteiger partial charge in [-0.3, -0.25) is 4.79 Å². The predicted octanol–water partition coefficient (Wildman–Crippen LogP) is 1.92. The lowest BCUT2D eigenvalue weighted by molar-refractivity contribution is -0.120. The van der Waals surface area contributed by atoms with E-state index in [1.165, 1.54) is 0 Å². The van der Waals surface area contributed by atoms with Crippen LogP contribution in [0.1, 0.15) is 33.1 Å². The zero-order valence-electron chi connectivity index (χ0n) is 7.64. The second-order valence-electron chi connectivity index (χ2n) is 3.69. The Hall–Kier alpha value is -0.240. The Labute approximate surface area is 78.7 Å². The van der Waals surface area contributed by atoms with Crippen LogP contribution < -0.4 is 5.32 Å². The standard InChI is InChI=1S/C9H16ClNO/c1-6-3-4-8(10)5-9(6)11-7(2)12/h6,8-9H,3-5H2,1-2H3,(H,11,12). The summed E-state index contributed by atoms with van der Waals surface area (Å²) in [5.41, 5.74) is 0. The maximum atomic E-state index is 10.8. The molecule has 1 rings (SSSR count). The average molecular weight is 190 g/mol. The molecule has 0 bridgehead atoms. The van der Waals surface area contributed by atoms with Gasteiger partial charge in [0.1, 0.15) is 0 Å². The molecule has 0 spiro atoms. The Morgan fingerprint density at radius 3 is 2.75 bits per heavy atom. The van der Waals surface area contributed by atoms with Gasteiger partial charge in [0.25, 0.3) is 0 Å². The van der Waals surface area contributed by atoms with Gasteiger partial charge < -0.3 is 5.32 Å². The van der Waals surface area contributed by atoms with Gasteiger partial charge in [-0.15, -0.1) is 11.6 Å². The van der Waals surface area contributed by atoms with E-state index in [1.54, 1.807) is 6.92 Å². The molecule has 0 saturated heterocycles. The molecule has 1 aliphatic carbocycles. The molecule has 0 radical (unpaired) electrons. The molecular formula is C9H16ClNO. The molecule has 3 unspecified atom stereocenters. The largest absolute Gasteiger partial charge is 0.353 e. The Bertz CT molecular complexity index is 172. The Kier molecular flexibility index (Phi) is 3.39. The van der Waals surface area contributed by atoms with Crippen LogP contribution in [0.3, 0.4) is 0 Å². The first-order chi connectivity index (χ1) is 5.59. The van der Waals surface area contributed by atoms with Crippen molar-refractivity contribution >= 4 is 17.5 Å². The summed E-state index contributed by atoms with van der Waals surface area (Å²) in [5, 5.41) is 3.19. The van der Waals surface area contributed by atoms with Crippen LogP contribution in [0.2, 0.25) is 0 Å². The molecule has 1 fully saturated rings. The molecule has 1 aliphatic rings. The van der Waals surface area contributed by atoms with Crippen molar-refractivity contribution in [3.05, 3.63) is 0 Å². The molecule has 0 aromatic carbocycles. The molecule has 1 saturated carbocycles. The monoisotopic (exact) mass is 189 g/mol. The SMILES string of the molecule is CC(=O)NC1CC(Cl)CCC1C. The summed E-state index contributed by atoms with van der Waals surface area (Å²) >= 11 is 6.01. The van der Waals surface area contributed by atoms with Crippen LogP contribution in [0, 0.1) is 5.92 Å². The summed E-state index contributed by atoms with van der Waals surface area (Å²) in [5.74, 6) is 0.626. The topological polar surface area (TPSA) is 29.1 Å². The van der Waals surface area contributed by atoms with Gasteiger partial charge in [-0.2, -0.15) is 0 Å². The third-order valence-electron chi connectivity index (χ3n) is 2.52. The fraction of sp³-hybridized carbons (Fsp3) is 0.889. The first-order valence-corrected chi connectivity index (χ1v) is 4.94. The van der Waals surface area contributed by atoms with Crippen LogP contribution in [0.5, 0.6) is 0 Å². The second kappa shape index (κ2) is 4.13. The van der Waals surface area contributed by atoms with E-state index in [9.17, 15) is 4.79 Å². The van der Waals surface area contributed by atoms with E-state index in [1.807, 2.05) is 0 Å². The number of halogens is 1. The van der Waals surface area contributed by atoms with E-state index in [2.05, 4.69) is 12.2 Å². The maximum absolute atomic E-state index is 10.8. The molecule has 1 amide bonds. The summed E-state index contributed by atoms with van der Waals surface area (Å²) in [6.07, 6.45) is 3.13. The lowest BCUT2D eigenvalue weighted by Crippen LogP contribution is -2.42. The minimum absolute atomic E-state index is 0.0533. The van der Waals surface area contributed by atoms with Gasteiger partial charge in [0.05, 0.1) is 0 Å². The highest BCUT2D eigenvalue weighted by atomic mass is 35.5. The molecular weight excluding hydrogens is 174 g/mol. The lowest BCUT2D eigenvalue weighted by Gasteiger charge is -2.31. The minimum atomic E-state index is 0.0533. The van der Waals surface area contributed by atoms with E-state index >= 15 is 0 Å². The van der Waals surface area contributed by atoms with Gasteiger partial charge in [0.15, 0.2) is 0 Å². The number of alkyl halides is 1. The fourth-order valence-electron chi connectivity index (χ4n) is 1.73. The van der Waals surface area contributed by atoms with Gasteiger partial charge in [0, 0.05) is 18.3 Å². The third kappa shape index (κ3) is 2.67. The molecule has 0 heterocycles. The Morgan fingerprint density at radius 2 is 2.17 bits per heavy atom. The number of hydrogen-bond donors (Lipinski definition) is 1. The highest BCUT2D eigenvalue weighted by molar-refractivity contribution is 6.20. The molecule has 3 heteroatoms. The highest BCUT2D eigenvalue weighted by Crippen LogP contribution is 2.27. The minimum Gasteiger partial charge on any atom is -0.353 e. The summed E-state index contributed by atoms with van der Waals surface area (Å²) in [4.78, 5) is 10.8. The highest BCUT2D eigenvalue weighted by Gasteiger charge is 2.26. The van der Waals surface area contributed by atoms with Crippen molar-refractivity contribution in [2.24, 2.45) is 5.92 Å². The third-order valence-corrected chi connectivity index (χ3v) is 2.92. The normalized spacial score (nSPS) is 36.1. The number of nitrogens with one attached hydrogen (secondary N) is 1. The van der Waals surface area contributed by atoms with Crippen LogP contribution in [-0.4, -0.2) is 17.3 Å². The molecule has 0 aromatic rings. The molecule has 0 aromatic heterocycles. The van der Waals surface area contributed by atoms with Crippen LogP contribution >= 0.6 is 11.6 Å². The van der Waals surface area contributed by atoms with E-state index in [-0.39, 0.29) is 11.3 Å². The number of carbonyl (C=O) groups excluding carboxylic acids is 1. The van der Waals surface area contributed by atoms with Crippen LogP contribution in [0.25, 0.3) is 0 Å². The van der Waals surface area contributed by atoms with Crippen molar-refractivity contribution in [2.75, 3.05) is 0 Å². The van der Waals surface area contributed by atoms with Crippen LogP contribution in [0.15, 0.2) is 0 Å². The van der Waals surface area contributed by atoms with Gasteiger partial charge in [-0.25, -0.2) is 0 Å². The molecule has 0 aliphatic heterocycles.